The van der Waals surface area contributed by atoms with E-state index in [0.717, 1.165) is 12.8 Å². The average molecular weight is 195 g/mol. The van der Waals surface area contributed by atoms with Gasteiger partial charge < -0.3 is 10.0 Å². The highest BCUT2D eigenvalue weighted by atomic mass is 16.4. The van der Waals surface area contributed by atoms with Crippen molar-refractivity contribution in [2.45, 2.75) is 31.7 Å². The Labute approximate surface area is 82.9 Å². The van der Waals surface area contributed by atoms with E-state index in [0.29, 0.717) is 6.42 Å². The molecular formula is C10H13NO3. The van der Waals surface area contributed by atoms with Crippen LogP contribution < -0.4 is 0 Å². The maximum Gasteiger partial charge on any atom is 0.323 e. The summed E-state index contributed by atoms with van der Waals surface area (Å²) in [6, 6.07) is 0.136. The number of aliphatic carboxylic acids is 1. The summed E-state index contributed by atoms with van der Waals surface area (Å²) in [5.41, 5.74) is 0. The number of carboxylic acid groups (broad SMARTS) is 1. The van der Waals surface area contributed by atoms with E-state index in [4.69, 9.17) is 11.5 Å². The lowest BCUT2D eigenvalue weighted by atomic mass is 10.2. The standard InChI is InChI=1S/C10H13NO3/c1-2-3-4-9(12)11(7-10(13)14)8-5-6-8/h1,8H,3-7H2,(H,13,14). The fourth-order valence-electron chi connectivity index (χ4n) is 1.28. The normalized spacial score (nSPS) is 14.5. The SMILES string of the molecule is C#CCCC(=O)N(CC(=O)O)C1CC1. The first-order valence-electron chi connectivity index (χ1n) is 4.60. The molecule has 0 aromatic heterocycles. The van der Waals surface area contributed by atoms with Crippen LogP contribution in [0.5, 0.6) is 0 Å². The van der Waals surface area contributed by atoms with Crippen molar-refractivity contribution in [3.63, 3.8) is 0 Å². The van der Waals surface area contributed by atoms with E-state index in [1.54, 1.807) is 0 Å². The molecule has 0 radical (unpaired) electrons. The van der Waals surface area contributed by atoms with Gasteiger partial charge in [-0.2, -0.15) is 0 Å². The largest absolute Gasteiger partial charge is 0.480 e. The third kappa shape index (κ3) is 3.09. The molecule has 1 N–H and O–H groups in total. The first kappa shape index (κ1) is 10.6. The number of hydrogen-bond acceptors (Lipinski definition) is 2. The van der Waals surface area contributed by atoms with Gasteiger partial charge in [0.25, 0.3) is 0 Å². The van der Waals surface area contributed by atoms with Crippen LogP contribution in [-0.4, -0.2) is 34.5 Å². The van der Waals surface area contributed by atoms with Crippen LogP contribution in [0.3, 0.4) is 0 Å². The molecule has 1 amide bonds. The van der Waals surface area contributed by atoms with Gasteiger partial charge in [0.1, 0.15) is 6.54 Å². The van der Waals surface area contributed by atoms with Crippen molar-refractivity contribution in [2.75, 3.05) is 6.54 Å². The molecule has 0 aromatic rings. The van der Waals surface area contributed by atoms with E-state index in [1.165, 1.54) is 4.90 Å². The van der Waals surface area contributed by atoms with Gasteiger partial charge in [0.05, 0.1) is 0 Å². The summed E-state index contributed by atoms with van der Waals surface area (Å²) >= 11 is 0. The molecule has 0 unspecified atom stereocenters. The monoisotopic (exact) mass is 195 g/mol. The zero-order valence-corrected chi connectivity index (χ0v) is 7.90. The van der Waals surface area contributed by atoms with Crippen LogP contribution in [0.25, 0.3) is 0 Å². The molecule has 1 aliphatic rings. The molecule has 0 aromatic carbocycles. The van der Waals surface area contributed by atoms with Crippen molar-refractivity contribution in [1.82, 2.24) is 4.90 Å². The Balaban J connectivity index is 2.45. The zero-order valence-electron chi connectivity index (χ0n) is 7.90. The molecule has 1 aliphatic carbocycles. The molecule has 0 heterocycles. The predicted molar refractivity (Wildman–Crippen MR) is 50.4 cm³/mol. The van der Waals surface area contributed by atoms with Crippen LogP contribution >= 0.6 is 0 Å². The first-order valence-corrected chi connectivity index (χ1v) is 4.60. The summed E-state index contributed by atoms with van der Waals surface area (Å²) in [7, 11) is 0. The Morgan fingerprint density at radius 2 is 2.14 bits per heavy atom. The number of carboxylic acids is 1. The van der Waals surface area contributed by atoms with Crippen LogP contribution in [0.4, 0.5) is 0 Å². The predicted octanol–water partition coefficient (Wildman–Crippen LogP) is 0.475. The Kier molecular flexibility index (Phi) is 3.52. The molecule has 76 valence electrons. The number of nitrogens with zero attached hydrogens (tertiary/aromatic N) is 1. The van der Waals surface area contributed by atoms with Gasteiger partial charge in [-0.15, -0.1) is 12.3 Å². The number of carbonyl (C=O) groups excluding carboxylic acids is 1. The van der Waals surface area contributed by atoms with Crippen LogP contribution in [0, 0.1) is 12.3 Å². The number of terminal acetylenes is 1. The quantitative estimate of drug-likeness (QED) is 0.649. The number of amides is 1. The molecule has 14 heavy (non-hydrogen) atoms. The maximum atomic E-state index is 11.5. The summed E-state index contributed by atoms with van der Waals surface area (Å²) in [5.74, 6) is 1.26. The van der Waals surface area contributed by atoms with Gasteiger partial charge in [0.15, 0.2) is 0 Å². The van der Waals surface area contributed by atoms with Gasteiger partial charge in [-0.05, 0) is 12.8 Å². The minimum Gasteiger partial charge on any atom is -0.480 e. The summed E-state index contributed by atoms with van der Waals surface area (Å²) in [4.78, 5) is 23.4. The van der Waals surface area contributed by atoms with Gasteiger partial charge in [0, 0.05) is 18.9 Å². The van der Waals surface area contributed by atoms with E-state index in [9.17, 15) is 9.59 Å². The Morgan fingerprint density at radius 3 is 2.57 bits per heavy atom. The zero-order chi connectivity index (χ0) is 10.6. The highest BCUT2D eigenvalue weighted by Gasteiger charge is 2.33. The minimum absolute atomic E-state index is 0.136. The van der Waals surface area contributed by atoms with Crippen molar-refractivity contribution in [1.29, 1.82) is 0 Å². The molecule has 4 heteroatoms. The van der Waals surface area contributed by atoms with Gasteiger partial charge in [-0.3, -0.25) is 9.59 Å². The highest BCUT2D eigenvalue weighted by Crippen LogP contribution is 2.27. The molecule has 0 bridgehead atoms. The average Bonchev–Trinajstić information content (AvgIpc) is 2.93. The summed E-state index contributed by atoms with van der Waals surface area (Å²) < 4.78 is 0. The van der Waals surface area contributed by atoms with Crippen molar-refractivity contribution in [3.05, 3.63) is 0 Å². The minimum atomic E-state index is -0.967. The van der Waals surface area contributed by atoms with Crippen LogP contribution in [0.1, 0.15) is 25.7 Å². The Morgan fingerprint density at radius 1 is 1.50 bits per heavy atom. The number of carbonyl (C=O) groups is 2. The topological polar surface area (TPSA) is 57.6 Å². The molecule has 0 aliphatic heterocycles. The van der Waals surface area contributed by atoms with E-state index in [2.05, 4.69) is 5.92 Å². The third-order valence-electron chi connectivity index (χ3n) is 2.10. The molecule has 0 spiro atoms. The highest BCUT2D eigenvalue weighted by molar-refractivity contribution is 5.82. The summed E-state index contributed by atoms with van der Waals surface area (Å²) in [5, 5.41) is 8.60. The second-order valence-corrected chi connectivity index (χ2v) is 3.35. The molecule has 1 fully saturated rings. The second-order valence-electron chi connectivity index (χ2n) is 3.35. The van der Waals surface area contributed by atoms with E-state index < -0.39 is 5.97 Å². The lowest BCUT2D eigenvalue weighted by Crippen LogP contribution is -2.37. The van der Waals surface area contributed by atoms with E-state index >= 15 is 0 Å². The summed E-state index contributed by atoms with van der Waals surface area (Å²) in [6.07, 6.45) is 7.48. The lowest BCUT2D eigenvalue weighted by Gasteiger charge is -2.19. The van der Waals surface area contributed by atoms with Gasteiger partial charge in [-0.1, -0.05) is 0 Å². The second kappa shape index (κ2) is 4.66. The Bertz CT molecular complexity index is 276. The van der Waals surface area contributed by atoms with E-state index in [1.807, 2.05) is 0 Å². The third-order valence-corrected chi connectivity index (χ3v) is 2.10. The van der Waals surface area contributed by atoms with Crippen LogP contribution in [0.15, 0.2) is 0 Å². The van der Waals surface area contributed by atoms with Gasteiger partial charge in [0.2, 0.25) is 5.91 Å². The molecule has 1 rings (SSSR count). The van der Waals surface area contributed by atoms with Gasteiger partial charge >= 0.3 is 5.97 Å². The fraction of sp³-hybridized carbons (Fsp3) is 0.600. The van der Waals surface area contributed by atoms with Crippen molar-refractivity contribution in [2.24, 2.45) is 0 Å². The smallest absolute Gasteiger partial charge is 0.323 e. The van der Waals surface area contributed by atoms with Gasteiger partial charge in [-0.25, -0.2) is 0 Å². The molecule has 1 saturated carbocycles. The van der Waals surface area contributed by atoms with E-state index in [-0.39, 0.29) is 24.9 Å². The molecule has 0 atom stereocenters. The fourth-order valence-corrected chi connectivity index (χ4v) is 1.28. The number of rotatable bonds is 5. The number of hydrogen-bond donors (Lipinski definition) is 1. The lowest BCUT2D eigenvalue weighted by molar-refractivity contribution is -0.144. The van der Waals surface area contributed by atoms with Crippen molar-refractivity contribution < 1.29 is 14.7 Å². The van der Waals surface area contributed by atoms with Crippen LogP contribution in [0.2, 0.25) is 0 Å². The van der Waals surface area contributed by atoms with Crippen molar-refractivity contribution >= 4 is 11.9 Å². The molecule has 4 nitrogen and oxygen atoms in total. The van der Waals surface area contributed by atoms with Crippen molar-refractivity contribution in [3.8, 4) is 12.3 Å². The maximum absolute atomic E-state index is 11.5. The molecular weight excluding hydrogens is 182 g/mol. The summed E-state index contributed by atoms with van der Waals surface area (Å²) in [6.45, 7) is -0.200. The Hall–Kier alpha value is -1.50. The van der Waals surface area contributed by atoms with Crippen LogP contribution in [-0.2, 0) is 9.59 Å². The first-order chi connectivity index (χ1) is 6.65. The molecule has 0 saturated heterocycles.